The standard InChI is InChI=1S/C23H25F3N2O5/c1-30-14-22(29)28(12-15-4-7-17(8-5-15)23(24,25)26)13-18-11-19(27-33-18)16-6-9-20(31-2)21(10-16)32-3/h4-10,18H,11-14H2,1-3H3/t18-/m0/s1. The van der Waals surface area contributed by atoms with E-state index in [9.17, 15) is 18.0 Å². The van der Waals surface area contributed by atoms with Gasteiger partial charge < -0.3 is 23.9 Å². The van der Waals surface area contributed by atoms with Gasteiger partial charge in [-0.1, -0.05) is 17.3 Å². The van der Waals surface area contributed by atoms with Gasteiger partial charge in [0.1, 0.15) is 6.61 Å². The molecule has 2 aromatic carbocycles. The number of carbonyl (C=O) groups is 1. The number of nitrogens with zero attached hydrogens (tertiary/aromatic N) is 2. The zero-order valence-corrected chi connectivity index (χ0v) is 18.5. The fourth-order valence-electron chi connectivity index (χ4n) is 3.45. The number of rotatable bonds is 9. The molecule has 178 valence electrons. The van der Waals surface area contributed by atoms with Crippen LogP contribution in [0.3, 0.4) is 0 Å². The molecule has 0 spiro atoms. The maximum Gasteiger partial charge on any atom is 0.416 e. The average molecular weight is 466 g/mol. The fraction of sp³-hybridized carbons (Fsp3) is 0.391. The van der Waals surface area contributed by atoms with Crippen LogP contribution in [0.15, 0.2) is 47.6 Å². The molecule has 0 aliphatic carbocycles. The number of hydrogen-bond donors (Lipinski definition) is 0. The van der Waals surface area contributed by atoms with Crippen molar-refractivity contribution in [1.82, 2.24) is 4.90 Å². The molecule has 0 aromatic heterocycles. The van der Waals surface area contributed by atoms with Crippen molar-refractivity contribution in [1.29, 1.82) is 0 Å². The SMILES string of the molecule is COCC(=O)N(Cc1ccc(C(F)(F)F)cc1)C[C@@H]1CC(c2ccc(OC)c(OC)c2)=NO1. The molecule has 1 heterocycles. The Hall–Kier alpha value is -3.27. The topological polar surface area (TPSA) is 69.6 Å². The Morgan fingerprint density at radius 1 is 1.09 bits per heavy atom. The molecule has 1 aliphatic heterocycles. The Bertz CT molecular complexity index is 993. The van der Waals surface area contributed by atoms with Gasteiger partial charge in [-0.05, 0) is 35.9 Å². The Morgan fingerprint density at radius 3 is 2.39 bits per heavy atom. The number of methoxy groups -OCH3 is 3. The molecule has 3 rings (SSSR count). The number of oxime groups is 1. The van der Waals surface area contributed by atoms with Crippen LogP contribution in [0.4, 0.5) is 13.2 Å². The maximum absolute atomic E-state index is 12.8. The van der Waals surface area contributed by atoms with Crippen LogP contribution in [0.25, 0.3) is 0 Å². The molecule has 0 saturated heterocycles. The van der Waals surface area contributed by atoms with Crippen molar-refractivity contribution < 1.29 is 37.0 Å². The molecule has 0 N–H and O–H groups in total. The molecule has 0 radical (unpaired) electrons. The van der Waals surface area contributed by atoms with Crippen molar-refractivity contribution in [2.24, 2.45) is 5.16 Å². The highest BCUT2D eigenvalue weighted by atomic mass is 19.4. The summed E-state index contributed by atoms with van der Waals surface area (Å²) in [5.74, 6) is 0.839. The Morgan fingerprint density at radius 2 is 1.79 bits per heavy atom. The molecule has 2 aromatic rings. The average Bonchev–Trinajstić information content (AvgIpc) is 3.26. The van der Waals surface area contributed by atoms with Crippen LogP contribution in [-0.2, 0) is 27.1 Å². The first kappa shape index (κ1) is 24.4. The van der Waals surface area contributed by atoms with Crippen molar-refractivity contribution in [3.05, 3.63) is 59.2 Å². The Labute approximate surface area is 189 Å². The van der Waals surface area contributed by atoms with Gasteiger partial charge in [0.15, 0.2) is 17.6 Å². The summed E-state index contributed by atoms with van der Waals surface area (Å²) in [6.45, 7) is 0.159. The molecule has 0 bridgehead atoms. The van der Waals surface area contributed by atoms with Crippen molar-refractivity contribution in [2.75, 3.05) is 34.5 Å². The third-order valence-corrected chi connectivity index (χ3v) is 5.15. The van der Waals surface area contributed by atoms with Gasteiger partial charge in [-0.2, -0.15) is 13.2 Å². The summed E-state index contributed by atoms with van der Waals surface area (Å²) >= 11 is 0. The number of hydrogen-bond acceptors (Lipinski definition) is 6. The minimum absolute atomic E-state index is 0.117. The van der Waals surface area contributed by atoms with E-state index in [4.69, 9.17) is 19.0 Å². The predicted octanol–water partition coefficient (Wildman–Crippen LogP) is 3.89. The Kier molecular flexibility index (Phi) is 7.80. The van der Waals surface area contributed by atoms with E-state index in [0.717, 1.165) is 17.7 Å². The quantitative estimate of drug-likeness (QED) is 0.561. The maximum atomic E-state index is 12.8. The van der Waals surface area contributed by atoms with Crippen molar-refractivity contribution in [2.45, 2.75) is 25.2 Å². The van der Waals surface area contributed by atoms with Crippen LogP contribution in [0.1, 0.15) is 23.1 Å². The van der Waals surface area contributed by atoms with Crippen LogP contribution in [0.5, 0.6) is 11.5 Å². The summed E-state index contributed by atoms with van der Waals surface area (Å²) in [6, 6.07) is 10.1. The van der Waals surface area contributed by atoms with E-state index in [-0.39, 0.29) is 25.6 Å². The molecule has 0 fully saturated rings. The lowest BCUT2D eigenvalue weighted by Gasteiger charge is -2.25. The van der Waals surface area contributed by atoms with Crippen LogP contribution in [-0.4, -0.2) is 57.1 Å². The molecule has 7 nitrogen and oxygen atoms in total. The van der Waals surface area contributed by atoms with Gasteiger partial charge in [-0.3, -0.25) is 4.79 Å². The first-order valence-electron chi connectivity index (χ1n) is 10.1. The third-order valence-electron chi connectivity index (χ3n) is 5.15. The van der Waals surface area contributed by atoms with E-state index < -0.39 is 17.8 Å². The number of amides is 1. The van der Waals surface area contributed by atoms with E-state index in [1.165, 1.54) is 31.3 Å². The fourth-order valence-corrected chi connectivity index (χ4v) is 3.45. The molecule has 10 heteroatoms. The van der Waals surface area contributed by atoms with E-state index in [2.05, 4.69) is 5.16 Å². The smallest absolute Gasteiger partial charge is 0.416 e. The number of halogens is 3. The minimum atomic E-state index is -4.42. The molecule has 33 heavy (non-hydrogen) atoms. The lowest BCUT2D eigenvalue weighted by atomic mass is 10.0. The van der Waals surface area contributed by atoms with E-state index >= 15 is 0 Å². The molecule has 1 amide bonds. The van der Waals surface area contributed by atoms with Crippen molar-refractivity contribution in [3.63, 3.8) is 0 Å². The van der Waals surface area contributed by atoms with Crippen molar-refractivity contribution in [3.8, 4) is 11.5 Å². The van der Waals surface area contributed by atoms with Crippen LogP contribution < -0.4 is 9.47 Å². The summed E-state index contributed by atoms with van der Waals surface area (Å²) in [7, 11) is 4.49. The lowest BCUT2D eigenvalue weighted by Crippen LogP contribution is -2.39. The first-order chi connectivity index (χ1) is 15.7. The second-order valence-corrected chi connectivity index (χ2v) is 7.44. The van der Waals surface area contributed by atoms with Crippen molar-refractivity contribution >= 4 is 11.6 Å². The van der Waals surface area contributed by atoms with Crippen LogP contribution >= 0.6 is 0 Å². The minimum Gasteiger partial charge on any atom is -0.493 e. The number of benzene rings is 2. The van der Waals surface area contributed by atoms with E-state index in [1.54, 1.807) is 19.2 Å². The van der Waals surface area contributed by atoms with Gasteiger partial charge in [0.2, 0.25) is 5.91 Å². The zero-order valence-electron chi connectivity index (χ0n) is 18.5. The summed E-state index contributed by atoms with van der Waals surface area (Å²) in [5.41, 5.74) is 1.31. The summed E-state index contributed by atoms with van der Waals surface area (Å²) < 4.78 is 54.0. The van der Waals surface area contributed by atoms with Crippen LogP contribution in [0, 0.1) is 0 Å². The van der Waals surface area contributed by atoms with Crippen LogP contribution in [0.2, 0.25) is 0 Å². The highest BCUT2D eigenvalue weighted by Crippen LogP contribution is 2.31. The van der Waals surface area contributed by atoms with Gasteiger partial charge in [0, 0.05) is 25.6 Å². The molecule has 0 unspecified atom stereocenters. The number of carbonyl (C=O) groups excluding carboxylic acids is 1. The third kappa shape index (κ3) is 6.16. The highest BCUT2D eigenvalue weighted by Gasteiger charge is 2.31. The largest absolute Gasteiger partial charge is 0.493 e. The van der Waals surface area contributed by atoms with E-state index in [1.807, 2.05) is 6.07 Å². The van der Waals surface area contributed by atoms with E-state index in [0.29, 0.717) is 29.2 Å². The molecular formula is C23H25F3N2O5. The van der Waals surface area contributed by atoms with Gasteiger partial charge in [0.25, 0.3) is 0 Å². The molecule has 1 atom stereocenters. The van der Waals surface area contributed by atoms with Gasteiger partial charge in [0.05, 0.1) is 32.0 Å². The monoisotopic (exact) mass is 466 g/mol. The molecular weight excluding hydrogens is 441 g/mol. The summed E-state index contributed by atoms with van der Waals surface area (Å²) in [4.78, 5) is 19.6. The number of ether oxygens (including phenoxy) is 3. The highest BCUT2D eigenvalue weighted by molar-refractivity contribution is 6.01. The second-order valence-electron chi connectivity index (χ2n) is 7.44. The molecule has 1 aliphatic rings. The zero-order chi connectivity index (χ0) is 24.0. The summed E-state index contributed by atoms with van der Waals surface area (Å²) in [5, 5.41) is 4.15. The lowest BCUT2D eigenvalue weighted by molar-refractivity contribution is -0.138. The first-order valence-corrected chi connectivity index (χ1v) is 10.1. The Balaban J connectivity index is 1.68. The van der Waals surface area contributed by atoms with Gasteiger partial charge in [-0.15, -0.1) is 0 Å². The molecule has 0 saturated carbocycles. The number of alkyl halides is 3. The second kappa shape index (κ2) is 10.6. The summed E-state index contributed by atoms with van der Waals surface area (Å²) in [6.07, 6.45) is -4.39. The van der Waals surface area contributed by atoms with Gasteiger partial charge >= 0.3 is 6.18 Å². The predicted molar refractivity (Wildman–Crippen MR) is 114 cm³/mol. The van der Waals surface area contributed by atoms with Gasteiger partial charge in [-0.25, -0.2) is 0 Å². The normalized spacial score (nSPS) is 15.6.